The van der Waals surface area contributed by atoms with E-state index >= 15 is 0 Å². The van der Waals surface area contributed by atoms with Crippen LogP contribution < -0.4 is 5.73 Å². The van der Waals surface area contributed by atoms with Gasteiger partial charge in [-0.15, -0.1) is 0 Å². The minimum atomic E-state index is 0.720. The zero-order valence-corrected chi connectivity index (χ0v) is 12.4. The first-order valence-corrected chi connectivity index (χ1v) is 7.08. The second-order valence-electron chi connectivity index (χ2n) is 5.37. The molecule has 1 heterocycles. The molecule has 1 aromatic heterocycles. The molecule has 0 unspecified atom stereocenters. The number of anilines is 1. The van der Waals surface area contributed by atoms with Crippen LogP contribution in [0.2, 0.25) is 0 Å². The van der Waals surface area contributed by atoms with Gasteiger partial charge in [-0.1, -0.05) is 48.5 Å². The molecule has 3 heteroatoms. The van der Waals surface area contributed by atoms with Crippen LogP contribution in [0.25, 0.3) is 11.3 Å². The molecule has 0 spiro atoms. The number of rotatable bonds is 3. The Morgan fingerprint density at radius 3 is 2.33 bits per heavy atom. The second kappa shape index (κ2) is 5.44. The molecule has 0 bridgehead atoms. The van der Waals surface area contributed by atoms with Gasteiger partial charge in [0, 0.05) is 11.8 Å². The molecule has 3 rings (SSSR count). The van der Waals surface area contributed by atoms with Gasteiger partial charge in [0.2, 0.25) is 0 Å². The molecular formula is C18H19N3. The zero-order valence-electron chi connectivity index (χ0n) is 12.4. The van der Waals surface area contributed by atoms with Crippen molar-refractivity contribution in [2.45, 2.75) is 20.4 Å². The van der Waals surface area contributed by atoms with E-state index in [-0.39, 0.29) is 0 Å². The molecule has 3 nitrogen and oxygen atoms in total. The lowest BCUT2D eigenvalue weighted by atomic mass is 10.1. The lowest BCUT2D eigenvalue weighted by Crippen LogP contribution is -2.02. The van der Waals surface area contributed by atoms with E-state index in [1.54, 1.807) is 0 Å². The van der Waals surface area contributed by atoms with Crippen molar-refractivity contribution in [2.24, 2.45) is 0 Å². The van der Waals surface area contributed by atoms with E-state index in [1.807, 2.05) is 23.0 Å². The van der Waals surface area contributed by atoms with Crippen LogP contribution in [-0.4, -0.2) is 9.78 Å². The lowest BCUT2D eigenvalue weighted by Gasteiger charge is -2.05. The van der Waals surface area contributed by atoms with Crippen molar-refractivity contribution in [3.8, 4) is 11.3 Å². The largest absolute Gasteiger partial charge is 0.396 e. The molecule has 0 fully saturated rings. The maximum Gasteiger partial charge on any atom is 0.115 e. The summed E-state index contributed by atoms with van der Waals surface area (Å²) in [6.45, 7) is 4.93. The maximum absolute atomic E-state index is 6.15. The van der Waals surface area contributed by atoms with Crippen molar-refractivity contribution in [3.63, 3.8) is 0 Å². The summed E-state index contributed by atoms with van der Waals surface area (Å²) in [7, 11) is 0. The molecule has 2 aromatic carbocycles. The second-order valence-corrected chi connectivity index (χ2v) is 5.37. The summed E-state index contributed by atoms with van der Waals surface area (Å²) in [5.74, 6) is 0. The van der Waals surface area contributed by atoms with Gasteiger partial charge in [-0.05, 0) is 30.5 Å². The van der Waals surface area contributed by atoms with Gasteiger partial charge in [0.15, 0.2) is 0 Å². The van der Waals surface area contributed by atoms with Gasteiger partial charge in [-0.2, -0.15) is 5.10 Å². The number of aromatic nitrogens is 2. The Kier molecular flexibility index (Phi) is 3.48. The molecule has 0 saturated carbocycles. The first-order valence-electron chi connectivity index (χ1n) is 7.08. The molecule has 2 N–H and O–H groups in total. The smallest absolute Gasteiger partial charge is 0.115 e. The third kappa shape index (κ3) is 2.68. The van der Waals surface area contributed by atoms with Crippen LogP contribution in [0.3, 0.4) is 0 Å². The Balaban J connectivity index is 1.96. The van der Waals surface area contributed by atoms with Crippen molar-refractivity contribution in [3.05, 3.63) is 71.4 Å². The predicted octanol–water partition coefficient (Wildman–Crippen LogP) is 3.80. The Labute approximate surface area is 125 Å². The fraction of sp³-hybridized carbons (Fsp3) is 0.167. The quantitative estimate of drug-likeness (QED) is 0.791. The van der Waals surface area contributed by atoms with E-state index in [0.717, 1.165) is 23.5 Å². The van der Waals surface area contributed by atoms with Gasteiger partial charge >= 0.3 is 0 Å². The summed E-state index contributed by atoms with van der Waals surface area (Å²) >= 11 is 0. The number of aryl methyl sites for hydroxylation is 2. The number of nitrogen functional groups attached to an aromatic ring is 1. The van der Waals surface area contributed by atoms with Crippen molar-refractivity contribution in [1.82, 2.24) is 9.78 Å². The third-order valence-electron chi connectivity index (χ3n) is 3.78. The van der Waals surface area contributed by atoms with Crippen LogP contribution in [0.15, 0.2) is 54.7 Å². The molecule has 0 aliphatic carbocycles. The maximum atomic E-state index is 6.15. The van der Waals surface area contributed by atoms with Crippen LogP contribution in [0.4, 0.5) is 5.69 Å². The molecule has 0 amide bonds. The van der Waals surface area contributed by atoms with Gasteiger partial charge in [-0.3, -0.25) is 4.68 Å². The summed E-state index contributed by atoms with van der Waals surface area (Å²) in [5.41, 5.74) is 12.5. The summed E-state index contributed by atoms with van der Waals surface area (Å²) < 4.78 is 1.92. The van der Waals surface area contributed by atoms with Gasteiger partial charge in [-0.25, -0.2) is 0 Å². The van der Waals surface area contributed by atoms with Crippen molar-refractivity contribution < 1.29 is 0 Å². The molecule has 3 aromatic rings. The molecule has 0 saturated heterocycles. The minimum Gasteiger partial charge on any atom is -0.396 e. The van der Waals surface area contributed by atoms with Gasteiger partial charge in [0.1, 0.15) is 5.69 Å². The fourth-order valence-electron chi connectivity index (χ4n) is 2.53. The van der Waals surface area contributed by atoms with Gasteiger partial charge in [0.25, 0.3) is 0 Å². The SMILES string of the molecule is Cc1ccccc1Cn1cc(N)c(-c2ccccc2C)n1. The fourth-order valence-corrected chi connectivity index (χ4v) is 2.53. The Morgan fingerprint density at radius 1 is 0.952 bits per heavy atom. The highest BCUT2D eigenvalue weighted by molar-refractivity contribution is 5.74. The van der Waals surface area contributed by atoms with E-state index in [4.69, 9.17) is 5.73 Å². The number of hydrogen-bond donors (Lipinski definition) is 1. The monoisotopic (exact) mass is 277 g/mol. The third-order valence-corrected chi connectivity index (χ3v) is 3.78. The summed E-state index contributed by atoms with van der Waals surface area (Å²) in [4.78, 5) is 0. The highest BCUT2D eigenvalue weighted by Gasteiger charge is 2.11. The highest BCUT2D eigenvalue weighted by atomic mass is 15.3. The normalized spacial score (nSPS) is 10.8. The summed E-state index contributed by atoms with van der Waals surface area (Å²) in [5, 5.41) is 4.67. The Morgan fingerprint density at radius 2 is 1.62 bits per heavy atom. The molecular weight excluding hydrogens is 258 g/mol. The molecule has 106 valence electrons. The van der Waals surface area contributed by atoms with Crippen LogP contribution >= 0.6 is 0 Å². The van der Waals surface area contributed by atoms with Crippen molar-refractivity contribution in [1.29, 1.82) is 0 Å². The van der Waals surface area contributed by atoms with Crippen molar-refractivity contribution >= 4 is 5.69 Å². The molecule has 0 aliphatic heterocycles. The standard InChI is InChI=1S/C18H19N3/c1-13-7-3-5-9-15(13)11-21-12-17(19)18(20-21)16-10-6-4-8-14(16)2/h3-10,12H,11,19H2,1-2H3. The number of hydrogen-bond acceptors (Lipinski definition) is 2. The first-order chi connectivity index (χ1) is 10.1. The van der Waals surface area contributed by atoms with Crippen LogP contribution in [-0.2, 0) is 6.54 Å². The average Bonchev–Trinajstić information content (AvgIpc) is 2.83. The van der Waals surface area contributed by atoms with E-state index in [0.29, 0.717) is 0 Å². The Hall–Kier alpha value is -2.55. The molecule has 0 radical (unpaired) electrons. The lowest BCUT2D eigenvalue weighted by molar-refractivity contribution is 0.686. The van der Waals surface area contributed by atoms with E-state index in [2.05, 4.69) is 55.3 Å². The summed E-state index contributed by atoms with van der Waals surface area (Å²) in [6, 6.07) is 16.5. The summed E-state index contributed by atoms with van der Waals surface area (Å²) in [6.07, 6.45) is 1.91. The van der Waals surface area contributed by atoms with Crippen molar-refractivity contribution in [2.75, 3.05) is 5.73 Å². The zero-order chi connectivity index (χ0) is 14.8. The van der Waals surface area contributed by atoms with E-state index in [9.17, 15) is 0 Å². The Bertz CT molecular complexity index is 772. The minimum absolute atomic E-state index is 0.720. The molecule has 0 atom stereocenters. The van der Waals surface area contributed by atoms with Crippen LogP contribution in [0.1, 0.15) is 16.7 Å². The molecule has 0 aliphatic rings. The highest BCUT2D eigenvalue weighted by Crippen LogP contribution is 2.27. The topological polar surface area (TPSA) is 43.8 Å². The van der Waals surface area contributed by atoms with E-state index in [1.165, 1.54) is 16.7 Å². The van der Waals surface area contributed by atoms with Gasteiger partial charge in [0.05, 0.1) is 12.2 Å². The van der Waals surface area contributed by atoms with Crippen LogP contribution in [0.5, 0.6) is 0 Å². The predicted molar refractivity (Wildman–Crippen MR) is 87.1 cm³/mol. The molecule has 21 heavy (non-hydrogen) atoms. The number of nitrogens with zero attached hydrogens (tertiary/aromatic N) is 2. The van der Waals surface area contributed by atoms with E-state index < -0.39 is 0 Å². The first kappa shape index (κ1) is 13.4. The van der Waals surface area contributed by atoms with Gasteiger partial charge < -0.3 is 5.73 Å². The number of benzene rings is 2. The average molecular weight is 277 g/mol. The number of nitrogens with two attached hydrogens (primary N) is 1. The van der Waals surface area contributed by atoms with Crippen LogP contribution in [0, 0.1) is 13.8 Å².